The highest BCUT2D eigenvalue weighted by Gasteiger charge is 2.26. The first-order chi connectivity index (χ1) is 21.9. The van der Waals surface area contributed by atoms with Crippen LogP contribution in [-0.2, 0) is 17.9 Å². The molecule has 1 aromatic heterocycles. The maximum absolute atomic E-state index is 13.5. The molecule has 0 saturated carbocycles. The number of rotatable bonds is 9. The van der Waals surface area contributed by atoms with Gasteiger partial charge in [0.2, 0.25) is 0 Å². The average Bonchev–Trinajstić information content (AvgIpc) is 3.39. The standard InChI is InChI=1S/C35H33N3O7/c1-23-18-28(33(39)37-16-17-43-32(21-37)26-8-13-29(42-2)14-9-26)10-15-31(23)27-5-3-4-25(19-27)22-44-30-11-6-24(7-12-30)20-38-34(40)36-35(41)45-38/h3-15,18-19,32H,16-17,20-22H2,1-2H3,(H,36,40,41). The summed E-state index contributed by atoms with van der Waals surface area (Å²) in [5.41, 5.74) is 5.95. The topological polar surface area (TPSA) is 116 Å². The number of nitrogens with zero attached hydrogens (tertiary/aromatic N) is 2. The number of nitrogens with one attached hydrogen (secondary N) is 1. The van der Waals surface area contributed by atoms with Gasteiger partial charge >= 0.3 is 11.4 Å². The molecule has 0 bridgehead atoms. The fourth-order valence-corrected chi connectivity index (χ4v) is 5.43. The van der Waals surface area contributed by atoms with Gasteiger partial charge < -0.3 is 23.6 Å². The largest absolute Gasteiger partial charge is 0.497 e. The zero-order chi connectivity index (χ0) is 31.3. The molecular weight excluding hydrogens is 574 g/mol. The van der Waals surface area contributed by atoms with Gasteiger partial charge in [0.25, 0.3) is 5.91 Å². The van der Waals surface area contributed by atoms with E-state index in [-0.39, 0.29) is 18.6 Å². The fourth-order valence-electron chi connectivity index (χ4n) is 5.43. The van der Waals surface area contributed by atoms with Crippen LogP contribution in [0, 0.1) is 6.92 Å². The summed E-state index contributed by atoms with van der Waals surface area (Å²) in [4.78, 5) is 40.3. The van der Waals surface area contributed by atoms with Gasteiger partial charge in [0.15, 0.2) is 0 Å². The summed E-state index contributed by atoms with van der Waals surface area (Å²) in [6.45, 7) is 4.03. The summed E-state index contributed by atoms with van der Waals surface area (Å²) in [5, 5.41) is 0. The number of aromatic nitrogens is 2. The van der Waals surface area contributed by atoms with E-state index in [0.717, 1.165) is 43.9 Å². The molecule has 1 atom stereocenters. The van der Waals surface area contributed by atoms with E-state index in [9.17, 15) is 14.4 Å². The summed E-state index contributed by atoms with van der Waals surface area (Å²) >= 11 is 0. The van der Waals surface area contributed by atoms with Crippen LogP contribution in [0.15, 0.2) is 105 Å². The first-order valence-electron chi connectivity index (χ1n) is 14.6. The lowest BCUT2D eigenvalue weighted by atomic mass is 9.96. The number of H-pyrrole nitrogens is 1. The summed E-state index contributed by atoms with van der Waals surface area (Å²) in [7, 11) is 1.64. The van der Waals surface area contributed by atoms with Crippen LogP contribution in [0.1, 0.15) is 38.7 Å². The van der Waals surface area contributed by atoms with E-state index in [1.54, 1.807) is 7.11 Å². The molecule has 10 nitrogen and oxygen atoms in total. The Morgan fingerprint density at radius 3 is 2.42 bits per heavy atom. The van der Waals surface area contributed by atoms with Crippen molar-refractivity contribution in [3.8, 4) is 22.6 Å². The second-order valence-electron chi connectivity index (χ2n) is 10.9. The first kappa shape index (κ1) is 29.7. The summed E-state index contributed by atoms with van der Waals surface area (Å²) in [6.07, 6.45) is -0.184. The summed E-state index contributed by atoms with van der Waals surface area (Å²) in [5.74, 6) is 0.659. The van der Waals surface area contributed by atoms with Crippen LogP contribution in [0.2, 0.25) is 0 Å². The van der Waals surface area contributed by atoms with Crippen molar-refractivity contribution >= 4 is 5.91 Å². The van der Waals surface area contributed by atoms with Gasteiger partial charge in [-0.1, -0.05) is 48.5 Å². The monoisotopic (exact) mass is 607 g/mol. The van der Waals surface area contributed by atoms with Crippen LogP contribution in [0.25, 0.3) is 11.1 Å². The molecule has 1 aliphatic rings. The molecule has 0 aliphatic carbocycles. The highest BCUT2D eigenvalue weighted by Crippen LogP contribution is 2.28. The van der Waals surface area contributed by atoms with Crippen molar-refractivity contribution in [1.82, 2.24) is 14.6 Å². The van der Waals surface area contributed by atoms with Gasteiger partial charge in [0.1, 0.15) is 24.2 Å². The minimum absolute atomic E-state index is 0.00987. The van der Waals surface area contributed by atoms with Crippen molar-refractivity contribution in [3.05, 3.63) is 140 Å². The minimum atomic E-state index is -0.783. The van der Waals surface area contributed by atoms with Gasteiger partial charge in [-0.2, -0.15) is 0 Å². The van der Waals surface area contributed by atoms with Crippen molar-refractivity contribution in [2.45, 2.75) is 26.2 Å². The van der Waals surface area contributed by atoms with Crippen molar-refractivity contribution < 1.29 is 23.5 Å². The molecule has 1 fully saturated rings. The van der Waals surface area contributed by atoms with Crippen LogP contribution in [0.3, 0.4) is 0 Å². The Kier molecular flexibility index (Phi) is 8.65. The van der Waals surface area contributed by atoms with Crippen molar-refractivity contribution in [3.63, 3.8) is 0 Å². The number of hydrogen-bond acceptors (Lipinski definition) is 7. The molecule has 1 N–H and O–H groups in total. The number of ether oxygens (including phenoxy) is 3. The first-order valence-corrected chi connectivity index (χ1v) is 14.6. The molecule has 45 heavy (non-hydrogen) atoms. The van der Waals surface area contributed by atoms with Crippen LogP contribution < -0.4 is 20.9 Å². The molecule has 2 heterocycles. The van der Waals surface area contributed by atoms with Gasteiger partial charge in [-0.05, 0) is 82.8 Å². The molecule has 0 radical (unpaired) electrons. The van der Waals surface area contributed by atoms with E-state index < -0.39 is 11.4 Å². The van der Waals surface area contributed by atoms with Crippen LogP contribution in [0.4, 0.5) is 0 Å². The number of aromatic amines is 1. The third-order valence-electron chi connectivity index (χ3n) is 7.84. The molecule has 6 rings (SSSR count). The number of amides is 1. The van der Waals surface area contributed by atoms with Crippen molar-refractivity contribution in [1.29, 1.82) is 0 Å². The maximum Gasteiger partial charge on any atom is 0.440 e. The molecule has 1 aliphatic heterocycles. The third-order valence-corrected chi connectivity index (χ3v) is 7.84. The zero-order valence-corrected chi connectivity index (χ0v) is 25.0. The highest BCUT2D eigenvalue weighted by molar-refractivity contribution is 5.95. The molecule has 1 amide bonds. The fraction of sp³-hybridized carbons (Fsp3) is 0.229. The van der Waals surface area contributed by atoms with E-state index in [0.29, 0.717) is 37.6 Å². The van der Waals surface area contributed by atoms with E-state index in [1.165, 1.54) is 0 Å². The van der Waals surface area contributed by atoms with Crippen molar-refractivity contribution in [2.75, 3.05) is 26.8 Å². The minimum Gasteiger partial charge on any atom is -0.497 e. The van der Waals surface area contributed by atoms with Crippen LogP contribution in [0.5, 0.6) is 11.5 Å². The van der Waals surface area contributed by atoms with E-state index >= 15 is 0 Å². The molecule has 1 unspecified atom stereocenters. The normalized spacial score (nSPS) is 14.7. The van der Waals surface area contributed by atoms with Crippen LogP contribution >= 0.6 is 0 Å². The second-order valence-corrected chi connectivity index (χ2v) is 10.9. The lowest BCUT2D eigenvalue weighted by Gasteiger charge is -2.33. The van der Waals surface area contributed by atoms with Gasteiger partial charge in [-0.25, -0.2) is 14.6 Å². The third kappa shape index (κ3) is 6.91. The molecule has 10 heteroatoms. The predicted octanol–water partition coefficient (Wildman–Crippen LogP) is 4.95. The number of methoxy groups -OCH3 is 1. The summed E-state index contributed by atoms with van der Waals surface area (Å²) in [6, 6.07) is 29.0. The number of carbonyl (C=O) groups is 1. The van der Waals surface area contributed by atoms with Gasteiger partial charge in [-0.15, -0.1) is 4.74 Å². The Morgan fingerprint density at radius 1 is 0.933 bits per heavy atom. The molecule has 4 aromatic carbocycles. The quantitative estimate of drug-likeness (QED) is 0.252. The Hall–Kier alpha value is -5.35. The van der Waals surface area contributed by atoms with E-state index in [4.69, 9.17) is 18.7 Å². The SMILES string of the molecule is COc1ccc(C2CN(C(=O)c3ccc(-c4cccc(COc5ccc(Cn6oc(=O)[nH]c6=O)cc5)c4)c(C)c3)CCO2)cc1. The number of aryl methyl sites for hydroxylation is 1. The lowest BCUT2D eigenvalue weighted by Crippen LogP contribution is -2.42. The predicted molar refractivity (Wildman–Crippen MR) is 168 cm³/mol. The Labute approximate surface area is 259 Å². The Morgan fingerprint density at radius 2 is 1.71 bits per heavy atom. The highest BCUT2D eigenvalue weighted by atomic mass is 16.5. The lowest BCUT2D eigenvalue weighted by molar-refractivity contribution is -0.0228. The molecule has 0 spiro atoms. The van der Waals surface area contributed by atoms with Gasteiger partial charge in [-0.3, -0.25) is 4.79 Å². The molecule has 1 saturated heterocycles. The zero-order valence-electron chi connectivity index (χ0n) is 25.0. The second kappa shape index (κ2) is 13.1. The number of hydrogen-bond donors (Lipinski definition) is 1. The average molecular weight is 608 g/mol. The summed E-state index contributed by atoms with van der Waals surface area (Å²) < 4.78 is 23.0. The Bertz CT molecular complexity index is 1910. The van der Waals surface area contributed by atoms with Crippen molar-refractivity contribution in [2.24, 2.45) is 0 Å². The number of morpholine rings is 1. The smallest absolute Gasteiger partial charge is 0.440 e. The van der Waals surface area contributed by atoms with Gasteiger partial charge in [0.05, 0.1) is 26.8 Å². The van der Waals surface area contributed by atoms with E-state index in [2.05, 4.69) is 11.1 Å². The van der Waals surface area contributed by atoms with E-state index in [1.807, 2.05) is 96.8 Å². The number of benzene rings is 4. The Balaban J connectivity index is 1.08. The maximum atomic E-state index is 13.5. The molecular formula is C35H33N3O7. The number of carbonyl (C=O) groups excluding carboxylic acids is 1. The van der Waals surface area contributed by atoms with Crippen LogP contribution in [-0.4, -0.2) is 47.3 Å². The molecule has 230 valence electrons. The van der Waals surface area contributed by atoms with Gasteiger partial charge in [0, 0.05) is 12.1 Å². The molecule has 5 aromatic rings.